The third-order valence-corrected chi connectivity index (χ3v) is 4.37. The van der Waals surface area contributed by atoms with Gasteiger partial charge in [-0.3, -0.25) is 4.79 Å². The lowest BCUT2D eigenvalue weighted by Crippen LogP contribution is -3.00. The Morgan fingerprint density at radius 1 is 1.18 bits per heavy atom. The van der Waals surface area contributed by atoms with Gasteiger partial charge in [0.25, 0.3) is 0 Å². The minimum absolute atomic E-state index is 0. The highest BCUT2D eigenvalue weighted by atomic mass is 35.5. The molecule has 1 aliphatic heterocycles. The minimum atomic E-state index is 0. The Morgan fingerprint density at radius 3 is 2.64 bits per heavy atom. The molecule has 0 bridgehead atoms. The van der Waals surface area contributed by atoms with Crippen LogP contribution in [0, 0.1) is 0 Å². The number of hydrogen-bond donors (Lipinski definition) is 0. The van der Waals surface area contributed by atoms with Crippen LogP contribution in [0.4, 0.5) is 0 Å². The summed E-state index contributed by atoms with van der Waals surface area (Å²) < 4.78 is 5.83. The monoisotopic (exact) mass is 320 g/mol. The molecule has 0 unspecified atom stereocenters. The minimum Gasteiger partial charge on any atom is -1.00 e. The van der Waals surface area contributed by atoms with Gasteiger partial charge in [-0.2, -0.15) is 0 Å². The Labute approximate surface area is 138 Å². The van der Waals surface area contributed by atoms with E-state index in [0.717, 1.165) is 48.3 Å². The lowest BCUT2D eigenvalue weighted by molar-refractivity contribution is -0.0000132. The number of fused-ring (bicyclic) bond motifs is 1. The van der Waals surface area contributed by atoms with Crippen LogP contribution >= 0.6 is 0 Å². The molecule has 0 amide bonds. The molecule has 3 nitrogen and oxygen atoms in total. The number of furan rings is 1. The van der Waals surface area contributed by atoms with E-state index >= 15 is 0 Å². The second-order valence-electron chi connectivity index (χ2n) is 5.83. The van der Waals surface area contributed by atoms with Gasteiger partial charge in [-0.15, -0.1) is 0 Å². The maximum absolute atomic E-state index is 12.7. The van der Waals surface area contributed by atoms with E-state index in [1.54, 1.807) is 0 Å². The first-order valence-corrected chi connectivity index (χ1v) is 8.05. The number of benzene rings is 1. The number of nitrogens with zero attached hydrogens (tertiary/aromatic N) is 1. The van der Waals surface area contributed by atoms with Gasteiger partial charge in [0.15, 0.2) is 5.78 Å². The number of rotatable bonds is 5. The molecule has 2 heterocycles. The van der Waals surface area contributed by atoms with Crippen molar-refractivity contribution in [1.82, 2.24) is 4.90 Å². The fourth-order valence-corrected chi connectivity index (χ4v) is 3.22. The molecule has 0 spiro atoms. The average molecular weight is 321 g/mol. The maximum Gasteiger partial charge on any atom is 0.168 e. The molecule has 4 heteroatoms. The molecule has 22 heavy (non-hydrogen) atoms. The number of ketones is 1. The maximum atomic E-state index is 12.7. The first kappa shape index (κ1) is 17.0. The Kier molecular flexibility index (Phi) is 6.04. The largest absolute Gasteiger partial charge is 1.00 e. The molecule has 1 aromatic heterocycles. The fraction of sp³-hybridized carbons (Fsp3) is 0.500. The fourth-order valence-electron chi connectivity index (χ4n) is 3.22. The highest BCUT2D eigenvalue weighted by Crippen LogP contribution is 2.27. The van der Waals surface area contributed by atoms with Crippen LogP contribution in [0.2, 0.25) is 0 Å². The van der Waals surface area contributed by atoms with E-state index in [-0.39, 0.29) is 18.2 Å². The number of para-hydroxylation sites is 1. The van der Waals surface area contributed by atoms with Crippen molar-refractivity contribution < 1.29 is 21.6 Å². The zero-order chi connectivity index (χ0) is 14.7. The molecule has 0 saturated carbocycles. The number of halogens is 1. The van der Waals surface area contributed by atoms with Gasteiger partial charge in [0.05, 0.1) is 5.56 Å². The Morgan fingerprint density at radius 2 is 1.91 bits per heavy atom. The van der Waals surface area contributed by atoms with Crippen LogP contribution in [0.1, 0.15) is 48.7 Å². The zero-order valence-corrected chi connectivity index (χ0v) is 13.9. The van der Waals surface area contributed by atoms with Crippen molar-refractivity contribution in [1.29, 1.82) is 0 Å². The summed E-state index contributed by atoms with van der Waals surface area (Å²) in [6.07, 6.45) is 5.22. The van der Waals surface area contributed by atoms with E-state index in [9.17, 15) is 4.79 Å². The van der Waals surface area contributed by atoms with Crippen molar-refractivity contribution in [2.45, 2.75) is 39.0 Å². The smallest absolute Gasteiger partial charge is 0.168 e. The molecule has 0 radical (unpaired) electrons. The normalized spacial score (nSPS) is 15.7. The van der Waals surface area contributed by atoms with Crippen molar-refractivity contribution in [2.75, 3.05) is 19.6 Å². The SMILES string of the molecule is CCc1oc2ccccc2c1C(=O)CCN1CCCCC1.[Cl-]. The second-order valence-corrected chi connectivity index (χ2v) is 5.83. The van der Waals surface area contributed by atoms with Gasteiger partial charge in [-0.05, 0) is 32.0 Å². The number of likely N-dealkylation sites (tertiary alicyclic amines) is 1. The van der Waals surface area contributed by atoms with E-state index in [1.807, 2.05) is 31.2 Å². The molecule has 1 saturated heterocycles. The van der Waals surface area contributed by atoms with E-state index in [2.05, 4.69) is 4.90 Å². The molecule has 0 N–H and O–H groups in total. The summed E-state index contributed by atoms with van der Waals surface area (Å²) in [4.78, 5) is 15.1. The molecule has 3 rings (SSSR count). The summed E-state index contributed by atoms with van der Waals surface area (Å²) in [6.45, 7) is 5.20. The zero-order valence-electron chi connectivity index (χ0n) is 13.1. The number of Topliss-reactive ketones (excluding diaryl/α,β-unsaturated/α-hetero) is 1. The summed E-state index contributed by atoms with van der Waals surface area (Å²) in [5, 5.41) is 0.970. The number of carbonyl (C=O) groups excluding carboxylic acids is 1. The summed E-state index contributed by atoms with van der Waals surface area (Å²) >= 11 is 0. The predicted octanol–water partition coefficient (Wildman–Crippen LogP) is 1.06. The van der Waals surface area contributed by atoms with Gasteiger partial charge in [-0.1, -0.05) is 31.5 Å². The van der Waals surface area contributed by atoms with Gasteiger partial charge < -0.3 is 21.7 Å². The Hall–Kier alpha value is -1.32. The molecule has 0 atom stereocenters. The van der Waals surface area contributed by atoms with E-state index < -0.39 is 0 Å². The number of carbonyl (C=O) groups is 1. The van der Waals surface area contributed by atoms with Crippen LogP contribution in [0.3, 0.4) is 0 Å². The van der Waals surface area contributed by atoms with Crippen LogP contribution in [-0.4, -0.2) is 30.3 Å². The van der Waals surface area contributed by atoms with Crippen LogP contribution < -0.4 is 12.4 Å². The van der Waals surface area contributed by atoms with E-state index in [0.29, 0.717) is 6.42 Å². The van der Waals surface area contributed by atoms with Crippen LogP contribution in [0.5, 0.6) is 0 Å². The predicted molar refractivity (Wildman–Crippen MR) is 84.8 cm³/mol. The summed E-state index contributed by atoms with van der Waals surface area (Å²) in [6, 6.07) is 7.86. The summed E-state index contributed by atoms with van der Waals surface area (Å²) in [5.74, 6) is 1.06. The number of hydrogen-bond acceptors (Lipinski definition) is 3. The van der Waals surface area contributed by atoms with Crippen LogP contribution in [0.15, 0.2) is 28.7 Å². The second kappa shape index (κ2) is 7.80. The quantitative estimate of drug-likeness (QED) is 0.772. The highest BCUT2D eigenvalue weighted by Gasteiger charge is 2.20. The lowest BCUT2D eigenvalue weighted by atomic mass is 10.0. The Balaban J connectivity index is 0.00000176. The number of aryl methyl sites for hydroxylation is 1. The molecule has 0 aliphatic carbocycles. The molecular formula is C18H23ClNO2-. The first-order chi connectivity index (χ1) is 10.3. The van der Waals surface area contributed by atoms with Gasteiger partial charge in [0, 0.05) is 24.8 Å². The molecule has 120 valence electrons. The topological polar surface area (TPSA) is 33.5 Å². The van der Waals surface area contributed by atoms with Crippen molar-refractivity contribution >= 4 is 16.8 Å². The third-order valence-electron chi connectivity index (χ3n) is 4.37. The van der Waals surface area contributed by atoms with Gasteiger partial charge in [-0.25, -0.2) is 0 Å². The summed E-state index contributed by atoms with van der Waals surface area (Å²) in [5.41, 5.74) is 1.64. The van der Waals surface area contributed by atoms with Crippen LogP contribution in [-0.2, 0) is 6.42 Å². The standard InChI is InChI=1S/C18H23NO2.ClH/c1-2-16-18(14-8-4-5-9-17(14)21-16)15(20)10-13-19-11-6-3-7-12-19;/h4-5,8-9H,2-3,6-7,10-13H2,1H3;1H/p-1. The summed E-state index contributed by atoms with van der Waals surface area (Å²) in [7, 11) is 0. The van der Waals surface area contributed by atoms with Crippen LogP contribution in [0.25, 0.3) is 11.0 Å². The highest BCUT2D eigenvalue weighted by molar-refractivity contribution is 6.08. The van der Waals surface area contributed by atoms with E-state index in [1.165, 1.54) is 19.3 Å². The van der Waals surface area contributed by atoms with Crippen molar-refractivity contribution in [3.05, 3.63) is 35.6 Å². The van der Waals surface area contributed by atoms with Gasteiger partial charge >= 0.3 is 0 Å². The molecule has 2 aromatic rings. The van der Waals surface area contributed by atoms with Gasteiger partial charge in [0.1, 0.15) is 11.3 Å². The first-order valence-electron chi connectivity index (χ1n) is 8.05. The molecule has 1 fully saturated rings. The third kappa shape index (κ3) is 3.53. The Bertz CT molecular complexity index is 629. The van der Waals surface area contributed by atoms with Gasteiger partial charge in [0.2, 0.25) is 0 Å². The molecule has 1 aromatic carbocycles. The molecule has 1 aliphatic rings. The van der Waals surface area contributed by atoms with E-state index in [4.69, 9.17) is 4.42 Å². The molecular weight excluding hydrogens is 298 g/mol. The van der Waals surface area contributed by atoms with Crippen molar-refractivity contribution in [3.63, 3.8) is 0 Å². The lowest BCUT2D eigenvalue weighted by Gasteiger charge is -2.25. The number of piperidine rings is 1. The van der Waals surface area contributed by atoms with Crippen molar-refractivity contribution in [2.24, 2.45) is 0 Å². The van der Waals surface area contributed by atoms with Crippen molar-refractivity contribution in [3.8, 4) is 0 Å². The average Bonchev–Trinajstić information content (AvgIpc) is 2.92.